The van der Waals surface area contributed by atoms with Crippen LogP contribution in [0.15, 0.2) is 0 Å². The van der Waals surface area contributed by atoms with Crippen LogP contribution in [0.5, 0.6) is 0 Å². The Morgan fingerprint density at radius 1 is 1.00 bits per heavy atom. The smallest absolute Gasteiger partial charge is 0.326 e. The number of carboxylic acid groups (broad SMARTS) is 1. The number of fused-ring (bicyclic) bond motifs is 1. The van der Waals surface area contributed by atoms with E-state index in [2.05, 4.69) is 10.6 Å². The maximum Gasteiger partial charge on any atom is 0.326 e. The Morgan fingerprint density at radius 3 is 1.92 bits per heavy atom. The number of hydrogen-bond acceptors (Lipinski definition) is 5. The molecule has 1 aliphatic heterocycles. The second-order valence-electron chi connectivity index (χ2n) is 14.5. The minimum atomic E-state index is -3.71. The van der Waals surface area contributed by atoms with E-state index in [1.165, 1.54) is 16.3 Å². The molecule has 5 atom stereocenters. The molecule has 1 aliphatic carbocycles. The van der Waals surface area contributed by atoms with Crippen LogP contribution < -0.4 is 10.6 Å². The van der Waals surface area contributed by atoms with E-state index in [1.807, 2.05) is 34.6 Å². The predicted octanol–water partition coefficient (Wildman–Crippen LogP) is 2.74. The first kappa shape index (κ1) is 31.3. The van der Waals surface area contributed by atoms with Crippen molar-refractivity contribution in [1.29, 1.82) is 0 Å². The Labute approximate surface area is 223 Å². The number of amides is 3. The standard InChI is InChI=1S/C26H48N4O6S/c1-23(2,3)16(14-37(35,36)29(12)25(7,8)9)27-22(34)28-19(24(4,5)6)20(31)30-13-15-17(26(15,10)11)18(30)21(32)33/h15-19H,13-14H2,1-12H3,(H,32,33)(H2,27,28,34)/t15?,16-,17?,18+,19-/m1/s1. The minimum absolute atomic E-state index is 0.112. The summed E-state index contributed by atoms with van der Waals surface area (Å²) in [4.78, 5) is 40.3. The van der Waals surface area contributed by atoms with Gasteiger partial charge in [-0.05, 0) is 42.9 Å². The quantitative estimate of drug-likeness (QED) is 0.451. The highest BCUT2D eigenvalue weighted by molar-refractivity contribution is 7.89. The summed E-state index contributed by atoms with van der Waals surface area (Å²) in [5.74, 6) is -1.78. The van der Waals surface area contributed by atoms with Crippen LogP contribution in [-0.2, 0) is 19.6 Å². The monoisotopic (exact) mass is 544 g/mol. The van der Waals surface area contributed by atoms with Gasteiger partial charge in [0.2, 0.25) is 15.9 Å². The second-order valence-corrected chi connectivity index (χ2v) is 16.5. The molecule has 214 valence electrons. The van der Waals surface area contributed by atoms with E-state index < -0.39 is 62.4 Å². The van der Waals surface area contributed by atoms with Gasteiger partial charge in [-0.25, -0.2) is 18.0 Å². The van der Waals surface area contributed by atoms with Gasteiger partial charge < -0.3 is 20.6 Å². The molecule has 0 spiro atoms. The SMILES string of the molecule is CN(C(C)(C)C)S(=O)(=O)C[C@@H](NC(=O)N[C@H](C(=O)N1CC2C([C@H]1C(=O)O)C2(C)C)C(C)(C)C)C(C)(C)C. The molecule has 2 unspecified atom stereocenters. The number of aliphatic carboxylic acids is 1. The Balaban J connectivity index is 2.24. The van der Waals surface area contributed by atoms with Gasteiger partial charge in [-0.3, -0.25) is 4.79 Å². The zero-order valence-electron chi connectivity index (χ0n) is 24.6. The van der Waals surface area contributed by atoms with E-state index in [4.69, 9.17) is 0 Å². The van der Waals surface area contributed by atoms with Crippen molar-refractivity contribution >= 4 is 27.9 Å². The van der Waals surface area contributed by atoms with E-state index in [0.717, 1.165) is 0 Å². The molecule has 2 aliphatic rings. The summed E-state index contributed by atoms with van der Waals surface area (Å²) in [6, 6.07) is -3.34. The van der Waals surface area contributed by atoms with Gasteiger partial charge in [0.05, 0.1) is 11.8 Å². The summed E-state index contributed by atoms with van der Waals surface area (Å²) in [5, 5.41) is 15.4. The minimum Gasteiger partial charge on any atom is -0.480 e. The predicted molar refractivity (Wildman–Crippen MR) is 143 cm³/mol. The maximum absolute atomic E-state index is 13.6. The lowest BCUT2D eigenvalue weighted by Gasteiger charge is -2.38. The number of hydrogen-bond donors (Lipinski definition) is 3. The highest BCUT2D eigenvalue weighted by Crippen LogP contribution is 2.65. The number of carbonyl (C=O) groups is 3. The third-order valence-electron chi connectivity index (χ3n) is 8.22. The van der Waals surface area contributed by atoms with E-state index in [-0.39, 0.29) is 23.0 Å². The summed E-state index contributed by atoms with van der Waals surface area (Å²) in [7, 11) is -2.19. The molecule has 0 bridgehead atoms. The summed E-state index contributed by atoms with van der Waals surface area (Å²) in [6.45, 7) is 20.7. The first-order valence-electron chi connectivity index (χ1n) is 12.9. The van der Waals surface area contributed by atoms with Crippen molar-refractivity contribution in [2.45, 2.75) is 99.8 Å². The number of nitrogens with one attached hydrogen (secondary N) is 2. The fourth-order valence-electron chi connectivity index (χ4n) is 5.19. The molecule has 3 N–H and O–H groups in total. The van der Waals surface area contributed by atoms with E-state index in [9.17, 15) is 27.9 Å². The number of nitrogens with zero attached hydrogens (tertiary/aromatic N) is 2. The van der Waals surface area contributed by atoms with Crippen LogP contribution in [0.1, 0.15) is 76.2 Å². The second kappa shape index (κ2) is 9.70. The highest BCUT2D eigenvalue weighted by Gasteiger charge is 2.70. The van der Waals surface area contributed by atoms with Crippen molar-refractivity contribution in [3.8, 4) is 0 Å². The molecule has 10 nitrogen and oxygen atoms in total. The number of carboxylic acids is 1. The molecule has 2 fully saturated rings. The molecule has 11 heteroatoms. The normalized spacial score (nSPS) is 25.3. The van der Waals surface area contributed by atoms with E-state index in [1.54, 1.807) is 41.5 Å². The van der Waals surface area contributed by atoms with Crippen LogP contribution in [0, 0.1) is 28.1 Å². The maximum atomic E-state index is 13.6. The van der Waals surface area contributed by atoms with Crippen molar-refractivity contribution in [2.24, 2.45) is 28.1 Å². The number of likely N-dealkylation sites (tertiary alicyclic amines) is 1. The van der Waals surface area contributed by atoms with Crippen LogP contribution in [-0.4, -0.2) is 83.6 Å². The molecule has 37 heavy (non-hydrogen) atoms. The molecular weight excluding hydrogens is 496 g/mol. The summed E-state index contributed by atoms with van der Waals surface area (Å²) in [5.41, 5.74) is -2.07. The molecule has 0 aromatic carbocycles. The lowest BCUT2D eigenvalue weighted by molar-refractivity contribution is -0.152. The van der Waals surface area contributed by atoms with Crippen molar-refractivity contribution in [3.05, 3.63) is 0 Å². The fraction of sp³-hybridized carbons (Fsp3) is 0.885. The zero-order chi connectivity index (χ0) is 29.1. The number of sulfonamides is 1. The summed E-state index contributed by atoms with van der Waals surface area (Å²) < 4.78 is 27.5. The van der Waals surface area contributed by atoms with Gasteiger partial charge in [-0.1, -0.05) is 55.4 Å². The first-order valence-corrected chi connectivity index (χ1v) is 14.5. The molecule has 0 aromatic heterocycles. The van der Waals surface area contributed by atoms with Gasteiger partial charge in [0.15, 0.2) is 0 Å². The van der Waals surface area contributed by atoms with Crippen LogP contribution in [0.3, 0.4) is 0 Å². The Kier molecular flexibility index (Phi) is 8.21. The van der Waals surface area contributed by atoms with Crippen molar-refractivity contribution < 1.29 is 27.9 Å². The van der Waals surface area contributed by atoms with Gasteiger partial charge in [0.1, 0.15) is 12.1 Å². The topological polar surface area (TPSA) is 136 Å². The number of piperidine rings is 1. The number of carbonyl (C=O) groups excluding carboxylic acids is 2. The zero-order valence-corrected chi connectivity index (χ0v) is 25.4. The van der Waals surface area contributed by atoms with Crippen LogP contribution in [0.4, 0.5) is 4.79 Å². The lowest BCUT2D eigenvalue weighted by Crippen LogP contribution is -2.61. The van der Waals surface area contributed by atoms with Gasteiger partial charge in [-0.15, -0.1) is 0 Å². The molecule has 0 aromatic rings. The van der Waals surface area contributed by atoms with Crippen molar-refractivity contribution in [3.63, 3.8) is 0 Å². The highest BCUT2D eigenvalue weighted by atomic mass is 32.2. The fourth-order valence-corrected chi connectivity index (χ4v) is 7.25. The van der Waals surface area contributed by atoms with Gasteiger partial charge in [-0.2, -0.15) is 4.31 Å². The molecule has 1 saturated heterocycles. The third-order valence-corrected chi connectivity index (χ3v) is 10.4. The molecular formula is C26H48N4O6S. The molecule has 3 amide bonds. The molecule has 2 rings (SSSR count). The molecule has 1 heterocycles. The average Bonchev–Trinajstić information content (AvgIpc) is 3.03. The van der Waals surface area contributed by atoms with Crippen molar-refractivity contribution in [1.82, 2.24) is 19.8 Å². The van der Waals surface area contributed by atoms with Crippen LogP contribution in [0.2, 0.25) is 0 Å². The van der Waals surface area contributed by atoms with Crippen molar-refractivity contribution in [2.75, 3.05) is 19.3 Å². The van der Waals surface area contributed by atoms with Crippen LogP contribution >= 0.6 is 0 Å². The molecule has 1 saturated carbocycles. The van der Waals surface area contributed by atoms with Gasteiger partial charge in [0, 0.05) is 25.0 Å². The number of rotatable bonds is 7. The van der Waals surface area contributed by atoms with E-state index in [0.29, 0.717) is 6.54 Å². The Hall–Kier alpha value is -1.88. The first-order chi connectivity index (χ1) is 16.3. The molecule has 0 radical (unpaired) electrons. The number of urea groups is 1. The third kappa shape index (κ3) is 6.58. The average molecular weight is 545 g/mol. The van der Waals surface area contributed by atoms with Gasteiger partial charge >= 0.3 is 12.0 Å². The van der Waals surface area contributed by atoms with Crippen LogP contribution in [0.25, 0.3) is 0 Å². The van der Waals surface area contributed by atoms with E-state index >= 15 is 0 Å². The largest absolute Gasteiger partial charge is 0.480 e. The Bertz CT molecular complexity index is 1020. The summed E-state index contributed by atoms with van der Waals surface area (Å²) >= 11 is 0. The Morgan fingerprint density at radius 2 is 1.51 bits per heavy atom. The lowest BCUT2D eigenvalue weighted by atomic mass is 9.85. The van der Waals surface area contributed by atoms with Gasteiger partial charge in [0.25, 0.3) is 0 Å². The summed E-state index contributed by atoms with van der Waals surface area (Å²) in [6.07, 6.45) is 0.